The van der Waals surface area contributed by atoms with Gasteiger partial charge in [-0.1, -0.05) is 15.9 Å². The average molecular weight is 306 g/mol. The molecule has 0 radical (unpaired) electrons. The van der Waals surface area contributed by atoms with Crippen molar-refractivity contribution in [3.8, 4) is 0 Å². The number of hydrogen-bond donors (Lipinski definition) is 1. The number of nitrogen functional groups attached to an aromatic ring is 1. The maximum absolute atomic E-state index is 6.04. The molecule has 4 heteroatoms. The molecular weight excluding hydrogens is 290 g/mol. The van der Waals surface area contributed by atoms with Gasteiger partial charge in [-0.25, -0.2) is 0 Å². The maximum atomic E-state index is 6.04. The molecule has 0 amide bonds. The first-order valence-electron chi connectivity index (χ1n) is 5.89. The number of pyridine rings is 1. The molecule has 2 rings (SSSR count). The van der Waals surface area contributed by atoms with Gasteiger partial charge < -0.3 is 10.6 Å². The molecule has 0 fully saturated rings. The van der Waals surface area contributed by atoms with Gasteiger partial charge in [0, 0.05) is 30.0 Å². The molecule has 1 heterocycles. The monoisotopic (exact) mass is 305 g/mol. The molecule has 18 heavy (non-hydrogen) atoms. The number of nitrogens with two attached hydrogens (primary N) is 1. The van der Waals surface area contributed by atoms with Gasteiger partial charge in [-0.3, -0.25) is 4.98 Å². The van der Waals surface area contributed by atoms with Crippen LogP contribution in [0.1, 0.15) is 12.5 Å². The fourth-order valence-electron chi connectivity index (χ4n) is 1.87. The van der Waals surface area contributed by atoms with E-state index in [2.05, 4.69) is 38.8 Å². The van der Waals surface area contributed by atoms with E-state index in [1.165, 1.54) is 5.56 Å². The number of nitrogens with zero attached hydrogens (tertiary/aromatic N) is 2. The number of rotatable bonds is 4. The van der Waals surface area contributed by atoms with Gasteiger partial charge >= 0.3 is 0 Å². The van der Waals surface area contributed by atoms with Crippen molar-refractivity contribution < 1.29 is 0 Å². The van der Waals surface area contributed by atoms with Gasteiger partial charge in [0.2, 0.25) is 0 Å². The summed E-state index contributed by atoms with van der Waals surface area (Å²) >= 11 is 3.49. The lowest BCUT2D eigenvalue weighted by molar-refractivity contribution is 0.831. The first kappa shape index (κ1) is 12.9. The van der Waals surface area contributed by atoms with Gasteiger partial charge in [-0.2, -0.15) is 0 Å². The Balaban J connectivity index is 2.26. The van der Waals surface area contributed by atoms with Crippen molar-refractivity contribution in [2.24, 2.45) is 0 Å². The minimum atomic E-state index is 0.800. The highest BCUT2D eigenvalue weighted by Gasteiger charge is 2.09. The summed E-state index contributed by atoms with van der Waals surface area (Å²) in [4.78, 5) is 6.28. The van der Waals surface area contributed by atoms with Crippen molar-refractivity contribution >= 4 is 27.3 Å². The van der Waals surface area contributed by atoms with Crippen LogP contribution in [-0.4, -0.2) is 11.5 Å². The molecule has 2 aromatic rings. The first-order valence-corrected chi connectivity index (χ1v) is 6.69. The topological polar surface area (TPSA) is 42.2 Å². The highest BCUT2D eigenvalue weighted by atomic mass is 79.9. The molecule has 0 atom stereocenters. The zero-order valence-corrected chi connectivity index (χ0v) is 11.9. The average Bonchev–Trinajstić information content (AvgIpc) is 2.40. The van der Waals surface area contributed by atoms with Crippen LogP contribution in [0, 0.1) is 0 Å². The molecule has 0 bridgehead atoms. The molecule has 0 aliphatic rings. The Kier molecular flexibility index (Phi) is 4.20. The van der Waals surface area contributed by atoms with Crippen LogP contribution >= 0.6 is 15.9 Å². The summed E-state index contributed by atoms with van der Waals surface area (Å²) in [6.45, 7) is 3.87. The molecule has 2 N–H and O–H groups in total. The molecular formula is C14H16BrN3. The molecule has 1 aromatic heterocycles. The second kappa shape index (κ2) is 5.87. The molecule has 0 aliphatic heterocycles. The standard InChI is InChI=1S/C14H16BrN3/c1-2-18(10-11-5-7-17-8-6-11)14-9-12(15)3-4-13(14)16/h3-9H,2,10,16H2,1H3. The fraction of sp³-hybridized carbons (Fsp3) is 0.214. The summed E-state index contributed by atoms with van der Waals surface area (Å²) in [6.07, 6.45) is 3.63. The van der Waals surface area contributed by atoms with Crippen LogP contribution in [-0.2, 0) is 6.54 Å². The number of benzene rings is 1. The summed E-state index contributed by atoms with van der Waals surface area (Å²) in [6, 6.07) is 9.99. The Hall–Kier alpha value is -1.55. The van der Waals surface area contributed by atoms with E-state index in [9.17, 15) is 0 Å². The summed E-state index contributed by atoms with van der Waals surface area (Å²) < 4.78 is 1.04. The highest BCUT2D eigenvalue weighted by Crippen LogP contribution is 2.28. The molecule has 0 saturated carbocycles. The smallest absolute Gasteiger partial charge is 0.0614 e. The molecule has 1 aromatic carbocycles. The third-order valence-corrected chi connectivity index (χ3v) is 3.33. The van der Waals surface area contributed by atoms with Crippen LogP contribution in [0.2, 0.25) is 0 Å². The number of anilines is 2. The van der Waals surface area contributed by atoms with Crippen LogP contribution in [0.15, 0.2) is 47.2 Å². The summed E-state index contributed by atoms with van der Waals surface area (Å²) in [5, 5.41) is 0. The predicted octanol–water partition coefficient (Wildman–Crippen LogP) is 3.45. The minimum Gasteiger partial charge on any atom is -0.397 e. The Morgan fingerprint density at radius 3 is 2.61 bits per heavy atom. The van der Waals surface area contributed by atoms with Crippen LogP contribution in [0.4, 0.5) is 11.4 Å². The van der Waals surface area contributed by atoms with Crippen LogP contribution in [0.25, 0.3) is 0 Å². The fourth-order valence-corrected chi connectivity index (χ4v) is 2.22. The minimum absolute atomic E-state index is 0.800. The normalized spacial score (nSPS) is 10.3. The Bertz CT molecular complexity index is 514. The highest BCUT2D eigenvalue weighted by molar-refractivity contribution is 9.10. The van der Waals surface area contributed by atoms with Gasteiger partial charge in [-0.05, 0) is 42.8 Å². The first-order chi connectivity index (χ1) is 8.70. The Labute approximate surface area is 116 Å². The van der Waals surface area contributed by atoms with E-state index >= 15 is 0 Å². The van der Waals surface area contributed by atoms with E-state index in [0.29, 0.717) is 0 Å². The third kappa shape index (κ3) is 3.01. The summed E-state index contributed by atoms with van der Waals surface area (Å²) in [7, 11) is 0. The van der Waals surface area contributed by atoms with Gasteiger partial charge in [0.1, 0.15) is 0 Å². The predicted molar refractivity (Wildman–Crippen MR) is 79.5 cm³/mol. The summed E-state index contributed by atoms with van der Waals surface area (Å²) in [5.74, 6) is 0. The van der Waals surface area contributed by atoms with Crippen LogP contribution < -0.4 is 10.6 Å². The molecule has 0 spiro atoms. The number of hydrogen-bond acceptors (Lipinski definition) is 3. The van der Waals surface area contributed by atoms with Crippen molar-refractivity contribution in [2.45, 2.75) is 13.5 Å². The second-order valence-corrected chi connectivity index (χ2v) is 4.99. The van der Waals surface area contributed by atoms with E-state index < -0.39 is 0 Å². The lowest BCUT2D eigenvalue weighted by atomic mass is 10.2. The van der Waals surface area contributed by atoms with Crippen molar-refractivity contribution in [3.63, 3.8) is 0 Å². The zero-order chi connectivity index (χ0) is 13.0. The molecule has 0 saturated heterocycles. The van der Waals surface area contributed by atoms with Crippen molar-refractivity contribution in [1.29, 1.82) is 0 Å². The van der Waals surface area contributed by atoms with E-state index in [1.807, 2.05) is 36.7 Å². The molecule has 0 unspecified atom stereocenters. The molecule has 3 nitrogen and oxygen atoms in total. The maximum Gasteiger partial charge on any atom is 0.0614 e. The van der Waals surface area contributed by atoms with Crippen molar-refractivity contribution in [2.75, 3.05) is 17.2 Å². The van der Waals surface area contributed by atoms with E-state index in [4.69, 9.17) is 5.73 Å². The van der Waals surface area contributed by atoms with Gasteiger partial charge in [0.15, 0.2) is 0 Å². The zero-order valence-electron chi connectivity index (χ0n) is 10.3. The van der Waals surface area contributed by atoms with Crippen molar-refractivity contribution in [3.05, 3.63) is 52.8 Å². The lowest BCUT2D eigenvalue weighted by Crippen LogP contribution is -2.23. The second-order valence-electron chi connectivity index (χ2n) is 4.07. The molecule has 0 aliphatic carbocycles. The Morgan fingerprint density at radius 2 is 1.94 bits per heavy atom. The molecule has 94 valence electrons. The van der Waals surface area contributed by atoms with E-state index in [0.717, 1.165) is 28.9 Å². The largest absolute Gasteiger partial charge is 0.397 e. The summed E-state index contributed by atoms with van der Waals surface area (Å²) in [5.41, 5.74) is 9.13. The van der Waals surface area contributed by atoms with Crippen LogP contribution in [0.5, 0.6) is 0 Å². The third-order valence-electron chi connectivity index (χ3n) is 2.84. The van der Waals surface area contributed by atoms with Gasteiger partial charge in [0.25, 0.3) is 0 Å². The van der Waals surface area contributed by atoms with Crippen LogP contribution in [0.3, 0.4) is 0 Å². The Morgan fingerprint density at radius 1 is 1.22 bits per heavy atom. The SMILES string of the molecule is CCN(Cc1ccncc1)c1cc(Br)ccc1N. The van der Waals surface area contributed by atoms with Crippen molar-refractivity contribution in [1.82, 2.24) is 4.98 Å². The van der Waals surface area contributed by atoms with Gasteiger partial charge in [-0.15, -0.1) is 0 Å². The van der Waals surface area contributed by atoms with E-state index in [-0.39, 0.29) is 0 Å². The quantitative estimate of drug-likeness (QED) is 0.880. The number of halogens is 1. The number of aromatic nitrogens is 1. The lowest BCUT2D eigenvalue weighted by Gasteiger charge is -2.25. The van der Waals surface area contributed by atoms with Gasteiger partial charge in [0.05, 0.1) is 11.4 Å². The van der Waals surface area contributed by atoms with E-state index in [1.54, 1.807) is 0 Å².